The number of aryl methyl sites for hydroxylation is 1. The zero-order chi connectivity index (χ0) is 15.3. The molecule has 1 heteroatoms. The van der Waals surface area contributed by atoms with Gasteiger partial charge in [-0.05, 0) is 36.9 Å². The van der Waals surface area contributed by atoms with Crippen molar-refractivity contribution in [3.8, 4) is 0 Å². The second kappa shape index (κ2) is 11.8. The summed E-state index contributed by atoms with van der Waals surface area (Å²) in [5.74, 6) is 0. The van der Waals surface area contributed by atoms with Crippen LogP contribution < -0.4 is 5.32 Å². The molecule has 1 atom stereocenters. The fraction of sp³-hybridized carbons (Fsp3) is 0.700. The minimum atomic E-state index is 0.545. The van der Waals surface area contributed by atoms with E-state index < -0.39 is 0 Å². The van der Waals surface area contributed by atoms with Gasteiger partial charge in [0.05, 0.1) is 0 Å². The third kappa shape index (κ3) is 7.66. The molecule has 0 aliphatic rings. The predicted octanol–water partition coefficient (Wildman–Crippen LogP) is 6.04. The molecule has 1 unspecified atom stereocenters. The molecule has 0 saturated carbocycles. The van der Waals surface area contributed by atoms with E-state index in [1.54, 1.807) is 0 Å². The lowest BCUT2D eigenvalue weighted by Crippen LogP contribution is -2.22. The van der Waals surface area contributed by atoms with Crippen LogP contribution in [0.2, 0.25) is 0 Å². The van der Waals surface area contributed by atoms with Gasteiger partial charge in [-0.3, -0.25) is 0 Å². The molecule has 120 valence electrons. The SMILES string of the molecule is CCCCCCCC(NCCC)c1cccc(CCC)c1. The molecule has 1 nitrogen and oxygen atoms in total. The number of hydrogen-bond donors (Lipinski definition) is 1. The Labute approximate surface area is 132 Å². The molecule has 1 aromatic carbocycles. The van der Waals surface area contributed by atoms with Gasteiger partial charge in [0.1, 0.15) is 0 Å². The first-order chi connectivity index (χ1) is 10.3. The molecule has 0 aliphatic carbocycles. The van der Waals surface area contributed by atoms with Crippen LogP contribution in [0.15, 0.2) is 24.3 Å². The smallest absolute Gasteiger partial charge is 0.0320 e. The van der Waals surface area contributed by atoms with Gasteiger partial charge in [-0.1, -0.05) is 83.6 Å². The molecule has 0 spiro atoms. The van der Waals surface area contributed by atoms with Crippen molar-refractivity contribution in [1.29, 1.82) is 0 Å². The Hall–Kier alpha value is -0.820. The third-order valence-corrected chi connectivity index (χ3v) is 4.13. The molecule has 0 heterocycles. The molecule has 0 fully saturated rings. The average molecular weight is 290 g/mol. The van der Waals surface area contributed by atoms with Gasteiger partial charge in [-0.25, -0.2) is 0 Å². The van der Waals surface area contributed by atoms with Gasteiger partial charge in [-0.15, -0.1) is 0 Å². The fourth-order valence-corrected chi connectivity index (χ4v) is 2.91. The molecule has 0 bridgehead atoms. The molecule has 0 aliphatic heterocycles. The van der Waals surface area contributed by atoms with Crippen molar-refractivity contribution in [2.45, 2.75) is 84.6 Å². The zero-order valence-corrected chi connectivity index (χ0v) is 14.5. The Morgan fingerprint density at radius 1 is 0.905 bits per heavy atom. The molecule has 0 aromatic heterocycles. The molecule has 21 heavy (non-hydrogen) atoms. The van der Waals surface area contributed by atoms with E-state index in [1.807, 2.05) is 0 Å². The second-order valence-corrected chi connectivity index (χ2v) is 6.20. The highest BCUT2D eigenvalue weighted by Crippen LogP contribution is 2.22. The van der Waals surface area contributed by atoms with Crippen LogP contribution in [0.1, 0.15) is 89.3 Å². The van der Waals surface area contributed by atoms with Gasteiger partial charge in [0.15, 0.2) is 0 Å². The summed E-state index contributed by atoms with van der Waals surface area (Å²) in [5, 5.41) is 3.75. The quantitative estimate of drug-likeness (QED) is 0.462. The summed E-state index contributed by atoms with van der Waals surface area (Å²) in [6.07, 6.45) is 11.8. The van der Waals surface area contributed by atoms with E-state index in [4.69, 9.17) is 0 Å². The predicted molar refractivity (Wildman–Crippen MR) is 94.8 cm³/mol. The zero-order valence-electron chi connectivity index (χ0n) is 14.5. The normalized spacial score (nSPS) is 12.5. The fourth-order valence-electron chi connectivity index (χ4n) is 2.91. The van der Waals surface area contributed by atoms with E-state index in [0.29, 0.717) is 6.04 Å². The van der Waals surface area contributed by atoms with Crippen LogP contribution in [0.25, 0.3) is 0 Å². The summed E-state index contributed by atoms with van der Waals surface area (Å²) in [7, 11) is 0. The maximum absolute atomic E-state index is 3.75. The molecule has 0 radical (unpaired) electrons. The Morgan fingerprint density at radius 2 is 1.71 bits per heavy atom. The highest BCUT2D eigenvalue weighted by Gasteiger charge is 2.10. The van der Waals surface area contributed by atoms with Gasteiger partial charge >= 0.3 is 0 Å². The van der Waals surface area contributed by atoms with E-state index in [9.17, 15) is 0 Å². The topological polar surface area (TPSA) is 12.0 Å². The van der Waals surface area contributed by atoms with Crippen molar-refractivity contribution in [3.63, 3.8) is 0 Å². The average Bonchev–Trinajstić information content (AvgIpc) is 2.51. The molecule has 1 aromatic rings. The molecular weight excluding hydrogens is 254 g/mol. The number of nitrogens with one attached hydrogen (secondary N) is 1. The standard InChI is InChI=1S/C20H35N/c1-4-7-8-9-10-15-20(21-16-6-3)19-14-11-13-18(17-19)12-5-2/h11,13-14,17,20-21H,4-10,12,15-16H2,1-3H3. The van der Waals surface area contributed by atoms with Crippen LogP contribution in [-0.4, -0.2) is 6.54 Å². The Bertz CT molecular complexity index is 359. The van der Waals surface area contributed by atoms with Crippen LogP contribution >= 0.6 is 0 Å². The molecule has 1 rings (SSSR count). The summed E-state index contributed by atoms with van der Waals surface area (Å²) in [6, 6.07) is 9.77. The molecule has 1 N–H and O–H groups in total. The van der Waals surface area contributed by atoms with Crippen molar-refractivity contribution < 1.29 is 0 Å². The maximum atomic E-state index is 3.75. The first-order valence-electron chi connectivity index (χ1n) is 9.14. The molecule has 0 amide bonds. The monoisotopic (exact) mass is 289 g/mol. The third-order valence-electron chi connectivity index (χ3n) is 4.13. The second-order valence-electron chi connectivity index (χ2n) is 6.20. The Kier molecular flexibility index (Phi) is 10.2. The van der Waals surface area contributed by atoms with Gasteiger partial charge in [0, 0.05) is 6.04 Å². The van der Waals surface area contributed by atoms with Crippen LogP contribution in [0.5, 0.6) is 0 Å². The van der Waals surface area contributed by atoms with Crippen LogP contribution in [-0.2, 0) is 6.42 Å². The number of rotatable bonds is 12. The maximum Gasteiger partial charge on any atom is 0.0320 e. The minimum Gasteiger partial charge on any atom is -0.310 e. The first-order valence-corrected chi connectivity index (χ1v) is 9.14. The van der Waals surface area contributed by atoms with E-state index in [2.05, 4.69) is 50.4 Å². The van der Waals surface area contributed by atoms with Crippen molar-refractivity contribution in [2.75, 3.05) is 6.54 Å². The van der Waals surface area contributed by atoms with Gasteiger partial charge in [-0.2, -0.15) is 0 Å². The van der Waals surface area contributed by atoms with Gasteiger partial charge in [0.25, 0.3) is 0 Å². The summed E-state index contributed by atoms with van der Waals surface area (Å²) < 4.78 is 0. The molecular formula is C20H35N. The van der Waals surface area contributed by atoms with Crippen LogP contribution in [0.3, 0.4) is 0 Å². The van der Waals surface area contributed by atoms with Crippen molar-refractivity contribution in [2.24, 2.45) is 0 Å². The minimum absolute atomic E-state index is 0.545. The van der Waals surface area contributed by atoms with Gasteiger partial charge in [0.2, 0.25) is 0 Å². The lowest BCUT2D eigenvalue weighted by molar-refractivity contribution is 0.468. The number of unbranched alkanes of at least 4 members (excludes halogenated alkanes) is 4. The molecule has 0 saturated heterocycles. The van der Waals surface area contributed by atoms with Gasteiger partial charge < -0.3 is 5.32 Å². The van der Waals surface area contributed by atoms with E-state index in [1.165, 1.54) is 68.9 Å². The summed E-state index contributed by atoms with van der Waals surface area (Å²) in [4.78, 5) is 0. The Morgan fingerprint density at radius 3 is 2.43 bits per heavy atom. The van der Waals surface area contributed by atoms with Crippen LogP contribution in [0, 0.1) is 0 Å². The number of hydrogen-bond acceptors (Lipinski definition) is 1. The highest BCUT2D eigenvalue weighted by atomic mass is 14.9. The van der Waals surface area contributed by atoms with Crippen molar-refractivity contribution in [3.05, 3.63) is 35.4 Å². The van der Waals surface area contributed by atoms with Crippen molar-refractivity contribution in [1.82, 2.24) is 5.32 Å². The lowest BCUT2D eigenvalue weighted by Gasteiger charge is -2.20. The van der Waals surface area contributed by atoms with E-state index in [0.717, 1.165) is 6.54 Å². The Balaban J connectivity index is 2.56. The first kappa shape index (κ1) is 18.2. The summed E-state index contributed by atoms with van der Waals surface area (Å²) >= 11 is 0. The lowest BCUT2D eigenvalue weighted by atomic mass is 9.97. The number of benzene rings is 1. The largest absolute Gasteiger partial charge is 0.310 e. The summed E-state index contributed by atoms with van der Waals surface area (Å²) in [6.45, 7) is 7.91. The summed E-state index contributed by atoms with van der Waals surface area (Å²) in [5.41, 5.74) is 2.98. The van der Waals surface area contributed by atoms with E-state index in [-0.39, 0.29) is 0 Å². The van der Waals surface area contributed by atoms with Crippen LogP contribution in [0.4, 0.5) is 0 Å². The van der Waals surface area contributed by atoms with E-state index >= 15 is 0 Å². The van der Waals surface area contributed by atoms with Crippen molar-refractivity contribution >= 4 is 0 Å². The highest BCUT2D eigenvalue weighted by molar-refractivity contribution is 5.26.